The summed E-state index contributed by atoms with van der Waals surface area (Å²) in [6.07, 6.45) is 2.54. The molecule has 27 heavy (non-hydrogen) atoms. The quantitative estimate of drug-likeness (QED) is 0.779. The smallest absolute Gasteiger partial charge is 0.227 e. The van der Waals surface area contributed by atoms with Crippen LogP contribution in [0, 0.1) is 5.92 Å². The largest absolute Gasteiger partial charge is 0.350 e. The molecule has 3 heterocycles. The van der Waals surface area contributed by atoms with E-state index in [-0.39, 0.29) is 12.2 Å². The van der Waals surface area contributed by atoms with E-state index in [9.17, 15) is 4.79 Å². The van der Waals surface area contributed by atoms with E-state index in [0.29, 0.717) is 48.7 Å². The van der Waals surface area contributed by atoms with Gasteiger partial charge in [-0.1, -0.05) is 16.8 Å². The minimum Gasteiger partial charge on any atom is -0.350 e. The van der Waals surface area contributed by atoms with Crippen LogP contribution in [0.3, 0.4) is 0 Å². The van der Waals surface area contributed by atoms with Crippen molar-refractivity contribution in [2.75, 3.05) is 26.3 Å². The molecule has 0 N–H and O–H groups in total. The number of hydrogen-bond donors (Lipinski definition) is 0. The lowest BCUT2D eigenvalue weighted by Gasteiger charge is -2.33. The molecular weight excluding hydrogens is 370 g/mol. The first-order valence-electron chi connectivity index (χ1n) is 9.28. The number of amides is 1. The molecular formula is C19H22ClN3O4. The maximum absolute atomic E-state index is 12.5. The lowest BCUT2D eigenvalue weighted by molar-refractivity contribution is -0.136. The number of likely N-dealkylation sites (tertiary alicyclic amines) is 1. The molecule has 1 amide bonds. The average Bonchev–Trinajstić information content (AvgIpc) is 3.39. The molecule has 8 heteroatoms. The Morgan fingerprint density at radius 2 is 1.85 bits per heavy atom. The van der Waals surface area contributed by atoms with Gasteiger partial charge in [-0.2, -0.15) is 4.98 Å². The van der Waals surface area contributed by atoms with E-state index in [0.717, 1.165) is 31.5 Å². The van der Waals surface area contributed by atoms with Gasteiger partial charge in [0, 0.05) is 42.4 Å². The summed E-state index contributed by atoms with van der Waals surface area (Å²) in [5.41, 5.74) is 0.833. The van der Waals surface area contributed by atoms with Gasteiger partial charge in [-0.05, 0) is 37.1 Å². The van der Waals surface area contributed by atoms with Crippen molar-refractivity contribution in [1.82, 2.24) is 15.0 Å². The molecule has 7 nitrogen and oxygen atoms in total. The molecule has 0 bridgehead atoms. The summed E-state index contributed by atoms with van der Waals surface area (Å²) in [5, 5.41) is 4.63. The fraction of sp³-hybridized carbons (Fsp3) is 0.526. The zero-order chi connectivity index (χ0) is 18.6. The van der Waals surface area contributed by atoms with E-state index in [4.69, 9.17) is 25.6 Å². The van der Waals surface area contributed by atoms with Gasteiger partial charge in [0.2, 0.25) is 17.6 Å². The van der Waals surface area contributed by atoms with Gasteiger partial charge in [-0.15, -0.1) is 0 Å². The second-order valence-electron chi connectivity index (χ2n) is 6.85. The number of nitrogens with zero attached hydrogens (tertiary/aromatic N) is 3. The maximum atomic E-state index is 12.5. The Hall–Kier alpha value is -1.96. The van der Waals surface area contributed by atoms with Crippen LogP contribution in [0.1, 0.15) is 25.2 Å². The van der Waals surface area contributed by atoms with Crippen molar-refractivity contribution in [3.63, 3.8) is 0 Å². The number of aryl methyl sites for hydroxylation is 1. The highest BCUT2D eigenvalue weighted by Gasteiger charge is 2.31. The zero-order valence-electron chi connectivity index (χ0n) is 15.0. The Morgan fingerprint density at radius 3 is 2.56 bits per heavy atom. The maximum Gasteiger partial charge on any atom is 0.227 e. The van der Waals surface area contributed by atoms with Crippen LogP contribution in [-0.2, 0) is 20.7 Å². The van der Waals surface area contributed by atoms with Crippen molar-refractivity contribution in [3.05, 3.63) is 35.2 Å². The van der Waals surface area contributed by atoms with Gasteiger partial charge in [-0.3, -0.25) is 4.79 Å². The fourth-order valence-corrected chi connectivity index (χ4v) is 3.64. The first kappa shape index (κ1) is 18.4. The summed E-state index contributed by atoms with van der Waals surface area (Å²) < 4.78 is 16.4. The Morgan fingerprint density at radius 1 is 1.15 bits per heavy atom. The molecule has 1 aromatic carbocycles. The van der Waals surface area contributed by atoms with Gasteiger partial charge in [-0.25, -0.2) is 0 Å². The van der Waals surface area contributed by atoms with Crippen molar-refractivity contribution in [1.29, 1.82) is 0 Å². The molecule has 2 aromatic rings. The Labute approximate surface area is 162 Å². The van der Waals surface area contributed by atoms with E-state index in [1.165, 1.54) is 0 Å². The van der Waals surface area contributed by atoms with Crippen LogP contribution in [0.25, 0.3) is 11.4 Å². The predicted octanol–water partition coefficient (Wildman–Crippen LogP) is 2.93. The summed E-state index contributed by atoms with van der Waals surface area (Å²) >= 11 is 5.89. The predicted molar refractivity (Wildman–Crippen MR) is 98.1 cm³/mol. The topological polar surface area (TPSA) is 77.7 Å². The number of benzene rings is 1. The van der Waals surface area contributed by atoms with E-state index < -0.39 is 0 Å². The summed E-state index contributed by atoms with van der Waals surface area (Å²) in [6.45, 7) is 2.83. The SMILES string of the molecule is O=C(CCc1nc(-c2ccc(Cl)cc2)no1)N1CCC(C2OCCO2)CC1. The number of halogens is 1. The Balaban J connectivity index is 1.25. The number of aromatic nitrogens is 2. The molecule has 0 radical (unpaired) electrons. The molecule has 2 aliphatic heterocycles. The lowest BCUT2D eigenvalue weighted by Crippen LogP contribution is -2.41. The lowest BCUT2D eigenvalue weighted by atomic mass is 9.96. The highest BCUT2D eigenvalue weighted by Crippen LogP contribution is 2.26. The summed E-state index contributed by atoms with van der Waals surface area (Å²) in [4.78, 5) is 18.7. The Kier molecular flexibility index (Phi) is 5.71. The monoisotopic (exact) mass is 391 g/mol. The number of hydrogen-bond acceptors (Lipinski definition) is 6. The summed E-state index contributed by atoms with van der Waals surface area (Å²) in [6, 6.07) is 7.23. The van der Waals surface area contributed by atoms with Crippen molar-refractivity contribution in [2.24, 2.45) is 5.92 Å². The van der Waals surface area contributed by atoms with Gasteiger partial charge < -0.3 is 18.9 Å². The highest BCUT2D eigenvalue weighted by atomic mass is 35.5. The molecule has 2 saturated heterocycles. The van der Waals surface area contributed by atoms with Crippen LogP contribution in [0.2, 0.25) is 5.02 Å². The normalized spacial score (nSPS) is 18.9. The second-order valence-corrected chi connectivity index (χ2v) is 7.28. The van der Waals surface area contributed by atoms with E-state index in [1.807, 2.05) is 17.0 Å². The number of rotatable bonds is 5. The van der Waals surface area contributed by atoms with Gasteiger partial charge in [0.05, 0.1) is 13.2 Å². The molecule has 2 fully saturated rings. The molecule has 4 rings (SSSR count). The third-order valence-electron chi connectivity index (χ3n) is 5.05. The van der Waals surface area contributed by atoms with Crippen molar-refractivity contribution >= 4 is 17.5 Å². The van der Waals surface area contributed by atoms with Crippen molar-refractivity contribution in [3.8, 4) is 11.4 Å². The van der Waals surface area contributed by atoms with Crippen LogP contribution in [0.4, 0.5) is 0 Å². The zero-order valence-corrected chi connectivity index (χ0v) is 15.7. The number of piperidine rings is 1. The van der Waals surface area contributed by atoms with Crippen molar-refractivity contribution in [2.45, 2.75) is 32.0 Å². The van der Waals surface area contributed by atoms with Gasteiger partial charge in [0.15, 0.2) is 6.29 Å². The van der Waals surface area contributed by atoms with Crippen LogP contribution in [-0.4, -0.2) is 53.5 Å². The van der Waals surface area contributed by atoms with Gasteiger partial charge in [0.1, 0.15) is 0 Å². The Bertz CT molecular complexity index is 766. The van der Waals surface area contributed by atoms with Crippen LogP contribution < -0.4 is 0 Å². The van der Waals surface area contributed by atoms with Crippen LogP contribution in [0.15, 0.2) is 28.8 Å². The minimum absolute atomic E-state index is 0.0908. The second kappa shape index (κ2) is 8.37. The first-order chi connectivity index (χ1) is 13.2. The summed E-state index contributed by atoms with van der Waals surface area (Å²) in [7, 11) is 0. The van der Waals surface area contributed by atoms with Crippen LogP contribution in [0.5, 0.6) is 0 Å². The number of ether oxygens (including phenoxy) is 2. The highest BCUT2D eigenvalue weighted by molar-refractivity contribution is 6.30. The molecule has 1 aromatic heterocycles. The third-order valence-corrected chi connectivity index (χ3v) is 5.30. The van der Waals surface area contributed by atoms with Crippen molar-refractivity contribution < 1.29 is 18.8 Å². The molecule has 144 valence electrons. The minimum atomic E-state index is -0.0908. The third kappa shape index (κ3) is 4.48. The molecule has 0 atom stereocenters. The van der Waals surface area contributed by atoms with E-state index >= 15 is 0 Å². The molecule has 0 spiro atoms. The van der Waals surface area contributed by atoms with E-state index in [1.54, 1.807) is 12.1 Å². The number of carbonyl (C=O) groups excluding carboxylic acids is 1. The molecule has 0 saturated carbocycles. The molecule has 2 aliphatic rings. The fourth-order valence-electron chi connectivity index (χ4n) is 3.51. The average molecular weight is 392 g/mol. The standard InChI is InChI=1S/C19H22ClN3O4/c20-15-3-1-13(2-4-15)18-21-16(27-22-18)5-6-17(24)23-9-7-14(8-10-23)19-25-11-12-26-19/h1-4,14,19H,5-12H2. The van der Waals surface area contributed by atoms with Gasteiger partial charge >= 0.3 is 0 Å². The van der Waals surface area contributed by atoms with Crippen LogP contribution >= 0.6 is 11.6 Å². The summed E-state index contributed by atoms with van der Waals surface area (Å²) in [5.74, 6) is 1.48. The molecule has 0 unspecified atom stereocenters. The first-order valence-corrected chi connectivity index (χ1v) is 9.66. The molecule has 0 aliphatic carbocycles. The van der Waals surface area contributed by atoms with E-state index in [2.05, 4.69) is 10.1 Å². The van der Waals surface area contributed by atoms with Gasteiger partial charge in [0.25, 0.3) is 0 Å². The number of carbonyl (C=O) groups is 1.